The molecule has 1 amide bonds. The maximum Gasteiger partial charge on any atom is 0.224 e. The smallest absolute Gasteiger partial charge is 0.224 e. The van der Waals surface area contributed by atoms with Gasteiger partial charge in [0.05, 0.1) is 6.42 Å². The van der Waals surface area contributed by atoms with Gasteiger partial charge in [-0.1, -0.05) is 25.1 Å². The Morgan fingerprint density at radius 1 is 1.24 bits per heavy atom. The first-order valence-corrected chi connectivity index (χ1v) is 8.23. The summed E-state index contributed by atoms with van der Waals surface area (Å²) in [4.78, 5) is 12.2. The van der Waals surface area contributed by atoms with Crippen molar-refractivity contribution in [2.45, 2.75) is 45.4 Å². The molecule has 1 aliphatic carbocycles. The molecule has 3 rings (SSSR count). The van der Waals surface area contributed by atoms with Crippen LogP contribution >= 0.6 is 0 Å². The van der Waals surface area contributed by atoms with Crippen molar-refractivity contribution in [1.29, 1.82) is 0 Å². The van der Waals surface area contributed by atoms with Crippen molar-refractivity contribution in [3.63, 3.8) is 0 Å². The average Bonchev–Trinajstić information content (AvgIpc) is 2.94. The van der Waals surface area contributed by atoms with Crippen LogP contribution < -0.4 is 10.6 Å². The van der Waals surface area contributed by atoms with Gasteiger partial charge in [0.15, 0.2) is 0 Å². The molecule has 1 aromatic carbocycles. The number of carbonyl (C=O) groups excluding carboxylic acids is 1. The number of aryl methyl sites for hydroxylation is 2. The molecule has 3 nitrogen and oxygen atoms in total. The lowest BCUT2D eigenvalue weighted by molar-refractivity contribution is -0.121. The van der Waals surface area contributed by atoms with Crippen LogP contribution in [0, 0.1) is 5.41 Å². The lowest BCUT2D eigenvalue weighted by atomic mass is 9.81. The summed E-state index contributed by atoms with van der Waals surface area (Å²) in [5, 5.41) is 6.52. The van der Waals surface area contributed by atoms with E-state index in [1.54, 1.807) is 0 Å². The zero-order valence-electron chi connectivity index (χ0n) is 13.0. The lowest BCUT2D eigenvalue weighted by Gasteiger charge is -2.34. The summed E-state index contributed by atoms with van der Waals surface area (Å²) in [6, 6.07) is 6.56. The van der Waals surface area contributed by atoms with Crippen LogP contribution in [0.2, 0.25) is 0 Å². The standard InChI is InChI=1S/C18H26N2O/c1-18(7-9-19-10-8-18)13-20-17(21)12-14-5-6-15-3-2-4-16(15)11-14/h5-6,11,19H,2-4,7-10,12-13H2,1H3,(H,20,21). The maximum absolute atomic E-state index is 12.2. The molecule has 0 bridgehead atoms. The third-order valence-electron chi connectivity index (χ3n) is 5.05. The fourth-order valence-electron chi connectivity index (χ4n) is 3.50. The quantitative estimate of drug-likeness (QED) is 0.891. The topological polar surface area (TPSA) is 41.1 Å². The van der Waals surface area contributed by atoms with Crippen molar-refractivity contribution in [3.8, 4) is 0 Å². The van der Waals surface area contributed by atoms with Crippen molar-refractivity contribution in [1.82, 2.24) is 10.6 Å². The van der Waals surface area contributed by atoms with Crippen LogP contribution in [0.1, 0.15) is 42.9 Å². The predicted molar refractivity (Wildman–Crippen MR) is 85.4 cm³/mol. The lowest BCUT2D eigenvalue weighted by Crippen LogP contribution is -2.43. The second kappa shape index (κ2) is 6.18. The Kier molecular flexibility index (Phi) is 4.29. The molecule has 2 aliphatic rings. The van der Waals surface area contributed by atoms with Gasteiger partial charge < -0.3 is 10.6 Å². The number of hydrogen-bond donors (Lipinski definition) is 2. The molecular formula is C18H26N2O. The number of fused-ring (bicyclic) bond motifs is 1. The molecule has 1 fully saturated rings. The molecule has 1 saturated heterocycles. The van der Waals surface area contributed by atoms with E-state index < -0.39 is 0 Å². The largest absolute Gasteiger partial charge is 0.355 e. The molecule has 1 aliphatic heterocycles. The number of nitrogens with one attached hydrogen (secondary N) is 2. The second-order valence-corrected chi connectivity index (χ2v) is 6.97. The van der Waals surface area contributed by atoms with Gasteiger partial charge in [-0.05, 0) is 67.3 Å². The number of carbonyl (C=O) groups is 1. The Balaban J connectivity index is 1.52. The van der Waals surface area contributed by atoms with E-state index in [2.05, 4.69) is 35.8 Å². The van der Waals surface area contributed by atoms with E-state index in [4.69, 9.17) is 0 Å². The van der Waals surface area contributed by atoms with Gasteiger partial charge in [-0.15, -0.1) is 0 Å². The van der Waals surface area contributed by atoms with E-state index in [0.29, 0.717) is 6.42 Å². The van der Waals surface area contributed by atoms with Crippen LogP contribution in [0.5, 0.6) is 0 Å². The van der Waals surface area contributed by atoms with Gasteiger partial charge >= 0.3 is 0 Å². The number of hydrogen-bond acceptors (Lipinski definition) is 2. The van der Waals surface area contributed by atoms with Crippen molar-refractivity contribution in [3.05, 3.63) is 34.9 Å². The van der Waals surface area contributed by atoms with Gasteiger partial charge in [0.1, 0.15) is 0 Å². The Bertz CT molecular complexity index is 518. The van der Waals surface area contributed by atoms with Crippen LogP contribution in [0.25, 0.3) is 0 Å². The molecule has 1 heterocycles. The van der Waals surface area contributed by atoms with E-state index in [1.807, 2.05) is 0 Å². The minimum Gasteiger partial charge on any atom is -0.355 e. The summed E-state index contributed by atoms with van der Waals surface area (Å²) >= 11 is 0. The predicted octanol–water partition coefficient (Wildman–Crippen LogP) is 2.22. The van der Waals surface area contributed by atoms with Gasteiger partial charge in [-0.2, -0.15) is 0 Å². The summed E-state index contributed by atoms with van der Waals surface area (Å²) in [5.41, 5.74) is 4.34. The molecule has 1 aromatic rings. The molecule has 21 heavy (non-hydrogen) atoms. The van der Waals surface area contributed by atoms with Crippen LogP contribution in [0.15, 0.2) is 18.2 Å². The number of amides is 1. The van der Waals surface area contributed by atoms with Crippen LogP contribution in [-0.4, -0.2) is 25.5 Å². The molecule has 0 saturated carbocycles. The van der Waals surface area contributed by atoms with Crippen molar-refractivity contribution in [2.75, 3.05) is 19.6 Å². The van der Waals surface area contributed by atoms with E-state index in [9.17, 15) is 4.79 Å². The monoisotopic (exact) mass is 286 g/mol. The molecular weight excluding hydrogens is 260 g/mol. The average molecular weight is 286 g/mol. The van der Waals surface area contributed by atoms with Gasteiger partial charge in [0, 0.05) is 6.54 Å². The summed E-state index contributed by atoms with van der Waals surface area (Å²) < 4.78 is 0. The van der Waals surface area contributed by atoms with Gasteiger partial charge in [0.25, 0.3) is 0 Å². The minimum absolute atomic E-state index is 0.160. The SMILES string of the molecule is CC1(CNC(=O)Cc2ccc3c(c2)CCC3)CCNCC1. The molecule has 3 heteroatoms. The number of benzene rings is 1. The van der Waals surface area contributed by atoms with Crippen LogP contribution in [0.4, 0.5) is 0 Å². The van der Waals surface area contributed by atoms with Gasteiger partial charge in [-0.3, -0.25) is 4.79 Å². The molecule has 0 atom stereocenters. The number of piperidine rings is 1. The Morgan fingerprint density at radius 3 is 2.81 bits per heavy atom. The minimum atomic E-state index is 0.160. The van der Waals surface area contributed by atoms with Gasteiger partial charge in [0.2, 0.25) is 5.91 Å². The number of rotatable bonds is 4. The van der Waals surface area contributed by atoms with E-state index >= 15 is 0 Å². The fourth-order valence-corrected chi connectivity index (χ4v) is 3.50. The zero-order valence-corrected chi connectivity index (χ0v) is 13.0. The summed E-state index contributed by atoms with van der Waals surface area (Å²) in [6.07, 6.45) is 6.45. The molecule has 0 radical (unpaired) electrons. The highest BCUT2D eigenvalue weighted by atomic mass is 16.1. The fraction of sp³-hybridized carbons (Fsp3) is 0.611. The van der Waals surface area contributed by atoms with Crippen molar-refractivity contribution < 1.29 is 4.79 Å². The maximum atomic E-state index is 12.2. The highest BCUT2D eigenvalue weighted by molar-refractivity contribution is 5.78. The molecule has 0 aromatic heterocycles. The Hall–Kier alpha value is -1.35. The normalized spacial score (nSPS) is 20.0. The van der Waals surface area contributed by atoms with Crippen LogP contribution in [-0.2, 0) is 24.1 Å². The molecule has 2 N–H and O–H groups in total. The first-order valence-electron chi connectivity index (χ1n) is 8.23. The summed E-state index contributed by atoms with van der Waals surface area (Å²) in [7, 11) is 0. The van der Waals surface area contributed by atoms with E-state index in [1.165, 1.54) is 30.4 Å². The van der Waals surface area contributed by atoms with E-state index in [-0.39, 0.29) is 11.3 Å². The van der Waals surface area contributed by atoms with Crippen molar-refractivity contribution in [2.24, 2.45) is 5.41 Å². The second-order valence-electron chi connectivity index (χ2n) is 6.97. The Morgan fingerprint density at radius 2 is 2.00 bits per heavy atom. The molecule has 0 unspecified atom stereocenters. The first-order chi connectivity index (χ1) is 10.1. The third-order valence-corrected chi connectivity index (χ3v) is 5.05. The molecule has 0 spiro atoms. The highest BCUT2D eigenvalue weighted by Gasteiger charge is 2.26. The Labute approximate surface area is 127 Å². The summed E-state index contributed by atoms with van der Waals surface area (Å²) in [6.45, 7) is 5.22. The van der Waals surface area contributed by atoms with Crippen molar-refractivity contribution >= 4 is 5.91 Å². The van der Waals surface area contributed by atoms with E-state index in [0.717, 1.165) is 38.0 Å². The molecule has 114 valence electrons. The summed E-state index contributed by atoms with van der Waals surface area (Å²) in [5.74, 6) is 0.160. The van der Waals surface area contributed by atoms with Crippen LogP contribution in [0.3, 0.4) is 0 Å². The zero-order chi connectivity index (χ0) is 14.7. The third kappa shape index (κ3) is 3.65. The first kappa shape index (κ1) is 14.6. The van der Waals surface area contributed by atoms with Gasteiger partial charge in [-0.25, -0.2) is 0 Å². The highest BCUT2D eigenvalue weighted by Crippen LogP contribution is 2.27.